The number of pyridine rings is 1. The Morgan fingerprint density at radius 3 is 2.14 bits per heavy atom. The Labute approximate surface area is 170 Å². The highest BCUT2D eigenvalue weighted by Gasteiger charge is 2.00. The Bertz CT molecular complexity index is 890. The molecule has 9 heteroatoms. The standard InChI is InChI=1S/C18H20N3S.CH4O4S/c1-20-11-9-17(10-12-20)4-3-16-5-7-18(8-6-16)21(2)13-14-22-15-19;1-5-6(2,3)4/h3-12H,13-14H2,1-2H3;1H3,(H,2,3,4)/q+1;/p-1. The van der Waals surface area contributed by atoms with Gasteiger partial charge in [-0.15, -0.1) is 0 Å². The predicted molar refractivity (Wildman–Crippen MR) is 111 cm³/mol. The molecule has 0 bridgehead atoms. The molecule has 0 radical (unpaired) electrons. The van der Waals surface area contributed by atoms with Crippen molar-refractivity contribution >= 4 is 40.0 Å². The number of benzene rings is 1. The lowest BCUT2D eigenvalue weighted by atomic mass is 10.1. The van der Waals surface area contributed by atoms with Crippen LogP contribution in [-0.2, 0) is 21.6 Å². The third-order valence-corrected chi connectivity index (χ3v) is 4.53. The van der Waals surface area contributed by atoms with Gasteiger partial charge in [-0.25, -0.2) is 13.0 Å². The molecule has 1 aromatic carbocycles. The number of anilines is 1. The Hall–Kier alpha value is -2.38. The van der Waals surface area contributed by atoms with Crippen LogP contribution in [0.3, 0.4) is 0 Å². The summed E-state index contributed by atoms with van der Waals surface area (Å²) >= 11 is 1.29. The van der Waals surface area contributed by atoms with Crippen LogP contribution in [0.25, 0.3) is 12.2 Å². The average Bonchev–Trinajstić information content (AvgIpc) is 2.68. The van der Waals surface area contributed by atoms with Gasteiger partial charge in [-0.1, -0.05) is 24.3 Å². The van der Waals surface area contributed by atoms with Gasteiger partial charge in [-0.3, -0.25) is 4.18 Å². The van der Waals surface area contributed by atoms with Crippen molar-refractivity contribution in [2.24, 2.45) is 7.05 Å². The molecule has 0 saturated heterocycles. The lowest BCUT2D eigenvalue weighted by Gasteiger charge is -2.18. The Balaban J connectivity index is 0.000000568. The summed E-state index contributed by atoms with van der Waals surface area (Å²) in [5.74, 6) is 0.820. The van der Waals surface area contributed by atoms with Crippen LogP contribution >= 0.6 is 11.8 Å². The Kier molecular flexibility index (Phi) is 10.3. The largest absolute Gasteiger partial charge is 0.726 e. The van der Waals surface area contributed by atoms with Crippen molar-refractivity contribution in [3.8, 4) is 5.40 Å². The second-order valence-corrected chi connectivity index (χ2v) is 7.69. The molecule has 150 valence electrons. The van der Waals surface area contributed by atoms with E-state index >= 15 is 0 Å². The maximum Gasteiger partial charge on any atom is 0.217 e. The molecule has 28 heavy (non-hydrogen) atoms. The third kappa shape index (κ3) is 10.1. The normalized spacial score (nSPS) is 10.8. The SMILES string of the molecule is CN(CCSC#N)c1ccc(/C=C/c2cc[n+](C)cc2)cc1.COS(=O)(=O)[O-]. The smallest absolute Gasteiger partial charge is 0.217 e. The van der Waals surface area contributed by atoms with Gasteiger partial charge in [-0.2, -0.15) is 5.26 Å². The second kappa shape index (κ2) is 12.2. The molecular formula is C19H23N3O4S2. The third-order valence-electron chi connectivity index (χ3n) is 3.60. The van der Waals surface area contributed by atoms with Crippen molar-refractivity contribution in [1.82, 2.24) is 0 Å². The molecule has 0 fully saturated rings. The molecule has 1 aromatic heterocycles. The summed E-state index contributed by atoms with van der Waals surface area (Å²) in [6.45, 7) is 0.869. The predicted octanol–water partition coefficient (Wildman–Crippen LogP) is 2.42. The van der Waals surface area contributed by atoms with Crippen molar-refractivity contribution in [1.29, 1.82) is 5.26 Å². The maximum atomic E-state index is 9.22. The van der Waals surface area contributed by atoms with E-state index in [9.17, 15) is 13.0 Å². The van der Waals surface area contributed by atoms with Crippen LogP contribution < -0.4 is 9.47 Å². The minimum atomic E-state index is -4.41. The number of thiocyanates is 1. The van der Waals surface area contributed by atoms with Gasteiger partial charge in [0.25, 0.3) is 0 Å². The van der Waals surface area contributed by atoms with E-state index in [1.54, 1.807) is 0 Å². The zero-order valence-corrected chi connectivity index (χ0v) is 17.6. The lowest BCUT2D eigenvalue weighted by Crippen LogP contribution is -2.25. The number of hydrogen-bond donors (Lipinski definition) is 0. The molecule has 2 rings (SSSR count). The highest BCUT2D eigenvalue weighted by molar-refractivity contribution is 8.03. The van der Waals surface area contributed by atoms with Gasteiger partial charge >= 0.3 is 0 Å². The summed E-state index contributed by atoms with van der Waals surface area (Å²) in [5, 5.41) is 10.6. The van der Waals surface area contributed by atoms with Crippen LogP contribution in [0.1, 0.15) is 11.1 Å². The van der Waals surface area contributed by atoms with Crippen LogP contribution in [0.5, 0.6) is 0 Å². The van der Waals surface area contributed by atoms with Gasteiger partial charge < -0.3 is 9.45 Å². The maximum absolute atomic E-state index is 9.22. The minimum absolute atomic E-state index is 0.808. The number of aromatic nitrogens is 1. The van der Waals surface area contributed by atoms with Gasteiger partial charge in [-0.05, 0) is 35.0 Å². The average molecular weight is 422 g/mol. The van der Waals surface area contributed by atoms with Crippen LogP contribution in [0.4, 0.5) is 5.69 Å². The fourth-order valence-corrected chi connectivity index (χ4v) is 2.47. The molecule has 0 atom stereocenters. The number of nitrogens with zero attached hydrogens (tertiary/aromatic N) is 3. The molecule has 2 aromatic rings. The molecule has 1 heterocycles. The highest BCUT2D eigenvalue weighted by atomic mass is 32.3. The first-order valence-corrected chi connectivity index (χ1v) is 10.5. The first-order valence-electron chi connectivity index (χ1n) is 8.22. The number of hydrogen-bond acceptors (Lipinski definition) is 7. The van der Waals surface area contributed by atoms with E-state index in [1.165, 1.54) is 28.6 Å². The lowest BCUT2D eigenvalue weighted by molar-refractivity contribution is -0.671. The van der Waals surface area contributed by atoms with E-state index in [2.05, 4.69) is 63.0 Å². The van der Waals surface area contributed by atoms with E-state index in [0.717, 1.165) is 19.4 Å². The van der Waals surface area contributed by atoms with E-state index in [1.807, 2.05) is 31.1 Å². The molecule has 0 aliphatic heterocycles. The van der Waals surface area contributed by atoms with Gasteiger partial charge in [0.05, 0.1) is 7.11 Å². The Morgan fingerprint density at radius 2 is 1.68 bits per heavy atom. The number of aryl methyl sites for hydroxylation is 1. The zero-order valence-electron chi connectivity index (χ0n) is 16.0. The molecule has 0 amide bonds. The molecule has 0 aliphatic rings. The van der Waals surface area contributed by atoms with Crippen molar-refractivity contribution in [2.45, 2.75) is 0 Å². The van der Waals surface area contributed by atoms with Crippen LogP contribution in [0.15, 0.2) is 48.8 Å². The van der Waals surface area contributed by atoms with E-state index in [-0.39, 0.29) is 0 Å². The summed E-state index contributed by atoms with van der Waals surface area (Å²) in [5.41, 5.74) is 3.53. The highest BCUT2D eigenvalue weighted by Crippen LogP contribution is 2.16. The first-order chi connectivity index (χ1) is 13.2. The molecule has 0 N–H and O–H groups in total. The minimum Gasteiger partial charge on any atom is -0.726 e. The summed E-state index contributed by atoms with van der Waals surface area (Å²) in [6, 6.07) is 12.6. The topological polar surface area (TPSA) is 97.3 Å². The van der Waals surface area contributed by atoms with Crippen molar-refractivity contribution in [2.75, 3.05) is 31.4 Å². The van der Waals surface area contributed by atoms with E-state index in [4.69, 9.17) is 5.26 Å². The van der Waals surface area contributed by atoms with Crippen LogP contribution in [-0.4, -0.2) is 39.4 Å². The molecule has 0 unspecified atom stereocenters. The number of nitriles is 1. The Morgan fingerprint density at radius 1 is 1.18 bits per heavy atom. The van der Waals surface area contributed by atoms with Crippen molar-refractivity contribution in [3.63, 3.8) is 0 Å². The zero-order chi connectivity index (χ0) is 21.0. The summed E-state index contributed by atoms with van der Waals surface area (Å²) in [4.78, 5) is 2.16. The molecule has 0 saturated carbocycles. The fraction of sp³-hybridized carbons (Fsp3) is 0.263. The van der Waals surface area contributed by atoms with Crippen LogP contribution in [0.2, 0.25) is 0 Å². The molecule has 0 aliphatic carbocycles. The van der Waals surface area contributed by atoms with E-state index < -0.39 is 10.4 Å². The monoisotopic (exact) mass is 421 g/mol. The first kappa shape index (κ1) is 23.7. The quantitative estimate of drug-likeness (QED) is 0.223. The number of thioether (sulfide) groups is 1. The van der Waals surface area contributed by atoms with Gasteiger partial charge in [0.15, 0.2) is 12.4 Å². The molecule has 0 spiro atoms. The second-order valence-electron chi connectivity index (χ2n) is 5.66. The fourth-order valence-electron chi connectivity index (χ4n) is 2.01. The van der Waals surface area contributed by atoms with Gasteiger partial charge in [0, 0.05) is 37.2 Å². The van der Waals surface area contributed by atoms with Crippen molar-refractivity contribution < 1.29 is 21.7 Å². The number of rotatable bonds is 7. The summed E-state index contributed by atoms with van der Waals surface area (Å²) in [7, 11) is 0.456. The van der Waals surface area contributed by atoms with Crippen molar-refractivity contribution in [3.05, 3.63) is 59.9 Å². The van der Waals surface area contributed by atoms with E-state index in [0.29, 0.717) is 0 Å². The summed E-state index contributed by atoms with van der Waals surface area (Å²) in [6.07, 6.45) is 8.31. The van der Waals surface area contributed by atoms with Gasteiger partial charge in [0.1, 0.15) is 12.4 Å². The molecule has 7 nitrogen and oxygen atoms in total. The van der Waals surface area contributed by atoms with Gasteiger partial charge in [0.2, 0.25) is 10.4 Å². The van der Waals surface area contributed by atoms with Crippen LogP contribution in [0, 0.1) is 10.7 Å². The summed E-state index contributed by atoms with van der Waals surface area (Å²) < 4.78 is 33.0. The molecular weight excluding hydrogens is 398 g/mol.